The molecule has 0 aliphatic heterocycles. The van der Waals surface area contributed by atoms with Gasteiger partial charge in [-0.15, -0.1) is 0 Å². The summed E-state index contributed by atoms with van der Waals surface area (Å²) < 4.78 is 32.4. The van der Waals surface area contributed by atoms with Gasteiger partial charge in [0.1, 0.15) is 5.76 Å². The molecule has 1 aromatic rings. The van der Waals surface area contributed by atoms with Crippen LogP contribution in [0.3, 0.4) is 0 Å². The molecule has 0 radical (unpaired) electrons. The summed E-state index contributed by atoms with van der Waals surface area (Å²) in [7, 11) is -3.52. The van der Waals surface area contributed by atoms with E-state index >= 15 is 0 Å². The maximum Gasteiger partial charge on any atom is 0.273 e. The first-order valence-corrected chi connectivity index (χ1v) is 8.79. The first-order chi connectivity index (χ1) is 9.51. The van der Waals surface area contributed by atoms with Crippen LogP contribution in [0.4, 0.5) is 0 Å². The third-order valence-corrected chi connectivity index (χ3v) is 5.10. The fraction of sp³-hybridized carbons (Fsp3) is 0.714. The van der Waals surface area contributed by atoms with Gasteiger partial charge in [0.2, 0.25) is 5.09 Å². The van der Waals surface area contributed by atoms with Gasteiger partial charge in [-0.1, -0.05) is 20.3 Å². The Bertz CT molecular complexity index is 532. The van der Waals surface area contributed by atoms with Gasteiger partial charge in [-0.25, -0.2) is 13.1 Å². The molecule has 1 fully saturated rings. The van der Waals surface area contributed by atoms with E-state index in [2.05, 4.69) is 17.0 Å². The molecule has 1 aliphatic rings. The summed E-state index contributed by atoms with van der Waals surface area (Å²) in [5.41, 5.74) is 0.195. The van der Waals surface area contributed by atoms with E-state index in [9.17, 15) is 8.42 Å². The van der Waals surface area contributed by atoms with Gasteiger partial charge in [0.25, 0.3) is 10.0 Å². The molecule has 6 heteroatoms. The minimum absolute atomic E-state index is 0.0118. The highest BCUT2D eigenvalue weighted by molar-refractivity contribution is 7.89. The summed E-state index contributed by atoms with van der Waals surface area (Å²) in [6.45, 7) is 6.01. The number of sulfonamides is 1. The standard InChI is InChI=1S/C14H24N2O3S/c1-3-7-14(8-9-14)11-16-20(17,18)13-6-5-12(19-13)10-15-4-2/h5-6,15-16H,3-4,7-11H2,1-2H3. The van der Waals surface area contributed by atoms with Crippen LogP contribution >= 0.6 is 0 Å². The normalized spacial score (nSPS) is 17.3. The van der Waals surface area contributed by atoms with Crippen molar-refractivity contribution in [1.82, 2.24) is 10.0 Å². The molecule has 0 bridgehead atoms. The van der Waals surface area contributed by atoms with Gasteiger partial charge in [0, 0.05) is 6.54 Å². The number of furan rings is 1. The molecule has 1 saturated carbocycles. The summed E-state index contributed by atoms with van der Waals surface area (Å²) in [5.74, 6) is 0.641. The zero-order valence-corrected chi connectivity index (χ0v) is 13.1. The number of hydrogen-bond acceptors (Lipinski definition) is 4. The van der Waals surface area contributed by atoms with Crippen molar-refractivity contribution in [2.75, 3.05) is 13.1 Å². The molecular formula is C14H24N2O3S. The van der Waals surface area contributed by atoms with Gasteiger partial charge >= 0.3 is 0 Å². The van der Waals surface area contributed by atoms with E-state index in [1.165, 1.54) is 6.07 Å². The first-order valence-electron chi connectivity index (χ1n) is 7.30. The van der Waals surface area contributed by atoms with E-state index in [4.69, 9.17) is 4.42 Å². The van der Waals surface area contributed by atoms with Crippen LogP contribution in [0.25, 0.3) is 0 Å². The summed E-state index contributed by atoms with van der Waals surface area (Å²) in [6.07, 6.45) is 4.41. The van der Waals surface area contributed by atoms with Crippen molar-refractivity contribution in [3.8, 4) is 0 Å². The van der Waals surface area contributed by atoms with Crippen LogP contribution in [0.1, 0.15) is 45.3 Å². The SMILES string of the molecule is CCCC1(CNS(=O)(=O)c2ccc(CNCC)o2)CC1. The second-order valence-electron chi connectivity index (χ2n) is 5.58. The Labute approximate surface area is 121 Å². The highest BCUT2D eigenvalue weighted by Crippen LogP contribution is 2.49. The zero-order chi connectivity index (χ0) is 14.6. The van der Waals surface area contributed by atoms with Crippen molar-refractivity contribution < 1.29 is 12.8 Å². The average Bonchev–Trinajstić information content (AvgIpc) is 3.01. The fourth-order valence-corrected chi connectivity index (χ4v) is 3.49. The minimum Gasteiger partial charge on any atom is -0.447 e. The van der Waals surface area contributed by atoms with Gasteiger partial charge in [-0.2, -0.15) is 0 Å². The van der Waals surface area contributed by atoms with Crippen LogP contribution in [-0.4, -0.2) is 21.5 Å². The van der Waals surface area contributed by atoms with E-state index in [0.717, 1.165) is 32.2 Å². The number of nitrogens with one attached hydrogen (secondary N) is 2. The third kappa shape index (κ3) is 3.84. The van der Waals surface area contributed by atoms with Gasteiger partial charge in [0.15, 0.2) is 0 Å². The molecule has 2 rings (SSSR count). The van der Waals surface area contributed by atoms with Crippen molar-refractivity contribution in [1.29, 1.82) is 0 Å². The second-order valence-corrected chi connectivity index (χ2v) is 7.27. The van der Waals surface area contributed by atoms with Crippen LogP contribution < -0.4 is 10.0 Å². The van der Waals surface area contributed by atoms with Crippen LogP contribution in [0.15, 0.2) is 21.6 Å². The molecule has 1 aromatic heterocycles. The molecule has 114 valence electrons. The molecule has 0 saturated heterocycles. The molecule has 1 heterocycles. The molecule has 1 aliphatic carbocycles. The number of hydrogen-bond donors (Lipinski definition) is 2. The Morgan fingerprint density at radius 2 is 2.05 bits per heavy atom. The lowest BCUT2D eigenvalue weighted by Crippen LogP contribution is -2.30. The highest BCUT2D eigenvalue weighted by atomic mass is 32.2. The van der Waals surface area contributed by atoms with E-state index in [1.54, 1.807) is 6.07 Å². The van der Waals surface area contributed by atoms with E-state index in [0.29, 0.717) is 18.8 Å². The Morgan fingerprint density at radius 1 is 1.30 bits per heavy atom. The lowest BCUT2D eigenvalue weighted by Gasteiger charge is -2.14. The monoisotopic (exact) mass is 300 g/mol. The van der Waals surface area contributed by atoms with Crippen LogP contribution in [0, 0.1) is 5.41 Å². The molecule has 2 N–H and O–H groups in total. The summed E-state index contributed by atoms with van der Waals surface area (Å²) in [6, 6.07) is 3.23. The van der Waals surface area contributed by atoms with Gasteiger partial charge in [0.05, 0.1) is 6.54 Å². The second kappa shape index (κ2) is 6.28. The molecule has 0 amide bonds. The van der Waals surface area contributed by atoms with E-state index < -0.39 is 10.0 Å². The summed E-state index contributed by atoms with van der Waals surface area (Å²) in [4.78, 5) is 0. The lowest BCUT2D eigenvalue weighted by atomic mass is 10.0. The summed E-state index contributed by atoms with van der Waals surface area (Å²) >= 11 is 0. The largest absolute Gasteiger partial charge is 0.447 e. The molecule has 0 spiro atoms. The lowest BCUT2D eigenvalue weighted by molar-refractivity contribution is 0.396. The molecule has 0 aromatic carbocycles. The average molecular weight is 300 g/mol. The van der Waals surface area contributed by atoms with Crippen molar-refractivity contribution >= 4 is 10.0 Å². The highest BCUT2D eigenvalue weighted by Gasteiger charge is 2.42. The van der Waals surface area contributed by atoms with Crippen LogP contribution in [0.5, 0.6) is 0 Å². The van der Waals surface area contributed by atoms with Gasteiger partial charge < -0.3 is 9.73 Å². The maximum absolute atomic E-state index is 12.2. The number of rotatable bonds is 9. The van der Waals surface area contributed by atoms with Crippen molar-refractivity contribution in [2.24, 2.45) is 5.41 Å². The Morgan fingerprint density at radius 3 is 2.65 bits per heavy atom. The fourth-order valence-electron chi connectivity index (χ4n) is 2.39. The molecular weight excluding hydrogens is 276 g/mol. The molecule has 0 atom stereocenters. The quantitative estimate of drug-likeness (QED) is 0.734. The van der Waals surface area contributed by atoms with E-state index in [1.807, 2.05) is 6.92 Å². The predicted molar refractivity (Wildman–Crippen MR) is 77.9 cm³/mol. The van der Waals surface area contributed by atoms with Crippen LogP contribution in [-0.2, 0) is 16.6 Å². The molecule has 5 nitrogen and oxygen atoms in total. The predicted octanol–water partition coefficient (Wildman–Crippen LogP) is 2.25. The summed E-state index contributed by atoms with van der Waals surface area (Å²) in [5, 5.41) is 3.12. The first kappa shape index (κ1) is 15.5. The van der Waals surface area contributed by atoms with Crippen molar-refractivity contribution in [3.63, 3.8) is 0 Å². The topological polar surface area (TPSA) is 71.3 Å². The Balaban J connectivity index is 1.94. The van der Waals surface area contributed by atoms with Gasteiger partial charge in [-0.05, 0) is 43.4 Å². The molecule has 20 heavy (non-hydrogen) atoms. The third-order valence-electron chi connectivity index (χ3n) is 3.83. The molecule has 0 unspecified atom stereocenters. The zero-order valence-electron chi connectivity index (χ0n) is 12.2. The minimum atomic E-state index is -3.52. The Kier molecular flexibility index (Phi) is 4.88. The Hall–Kier alpha value is -0.850. The maximum atomic E-state index is 12.2. The van der Waals surface area contributed by atoms with E-state index in [-0.39, 0.29) is 10.5 Å². The van der Waals surface area contributed by atoms with Crippen LogP contribution in [0.2, 0.25) is 0 Å². The van der Waals surface area contributed by atoms with Gasteiger partial charge in [-0.3, -0.25) is 0 Å². The smallest absolute Gasteiger partial charge is 0.273 e. The van der Waals surface area contributed by atoms with Crippen molar-refractivity contribution in [3.05, 3.63) is 17.9 Å². The van der Waals surface area contributed by atoms with Crippen molar-refractivity contribution in [2.45, 2.75) is 51.2 Å².